The number of halogens is 3. The van der Waals surface area contributed by atoms with Crippen molar-refractivity contribution >= 4 is 17.4 Å². The Morgan fingerprint density at radius 2 is 1.88 bits per heavy atom. The third kappa shape index (κ3) is 5.22. The third-order valence-electron chi connectivity index (χ3n) is 3.95. The normalized spacial score (nSPS) is 12.8. The summed E-state index contributed by atoms with van der Waals surface area (Å²) in [7, 11) is 0. The fourth-order valence-corrected chi connectivity index (χ4v) is 2.68. The van der Waals surface area contributed by atoms with Crippen LogP contribution in [0.1, 0.15) is 58.7 Å². The van der Waals surface area contributed by atoms with Gasteiger partial charge in [-0.2, -0.15) is 13.2 Å². The maximum atomic E-state index is 13.1. The first-order chi connectivity index (χ1) is 11.9. The number of nitrogens with one attached hydrogen (secondary N) is 1. The number of fused-ring (bicyclic) bond motifs is 1. The topological polar surface area (TPSA) is 46.4 Å². The van der Waals surface area contributed by atoms with Crippen LogP contribution in [0.25, 0.3) is 5.65 Å². The minimum atomic E-state index is -4.43. The van der Waals surface area contributed by atoms with Gasteiger partial charge >= 0.3 is 6.18 Å². The monoisotopic (exact) mass is 369 g/mol. The molecule has 0 bridgehead atoms. The molecule has 0 fully saturated rings. The lowest BCUT2D eigenvalue weighted by Crippen LogP contribution is -2.20. The minimum absolute atomic E-state index is 0.190. The first-order valence-electron chi connectivity index (χ1n) is 8.75. The molecule has 0 atom stereocenters. The van der Waals surface area contributed by atoms with Crippen LogP contribution in [0.15, 0.2) is 18.3 Å². The molecule has 2 heterocycles. The van der Waals surface area contributed by atoms with Crippen LogP contribution in [0.4, 0.5) is 19.0 Å². The van der Waals surface area contributed by atoms with E-state index in [2.05, 4.69) is 10.3 Å². The summed E-state index contributed by atoms with van der Waals surface area (Å²) >= 11 is 0. The number of imidazole rings is 1. The molecule has 2 aromatic rings. The van der Waals surface area contributed by atoms with Gasteiger partial charge in [0.15, 0.2) is 5.82 Å². The Bertz CT molecular complexity index is 786. The van der Waals surface area contributed by atoms with Crippen molar-refractivity contribution in [2.24, 2.45) is 11.3 Å². The maximum absolute atomic E-state index is 13.1. The lowest BCUT2D eigenvalue weighted by atomic mass is 9.92. The SMILES string of the molecule is CC(C)CCc1c(NC(=O)CC(C)(C)C)nc2ccc(C(F)(F)F)cn12. The maximum Gasteiger partial charge on any atom is 0.417 e. The summed E-state index contributed by atoms with van der Waals surface area (Å²) < 4.78 is 40.6. The first kappa shape index (κ1) is 20.3. The highest BCUT2D eigenvalue weighted by Crippen LogP contribution is 2.31. The lowest BCUT2D eigenvalue weighted by Gasteiger charge is -2.17. The Morgan fingerprint density at radius 3 is 2.42 bits per heavy atom. The number of alkyl halides is 3. The van der Waals surface area contributed by atoms with Crippen LogP contribution in [-0.2, 0) is 17.4 Å². The zero-order valence-corrected chi connectivity index (χ0v) is 15.9. The van der Waals surface area contributed by atoms with Crippen molar-refractivity contribution in [1.29, 1.82) is 0 Å². The number of pyridine rings is 1. The highest BCUT2D eigenvalue weighted by Gasteiger charge is 2.31. The number of aryl methyl sites for hydroxylation is 1. The van der Waals surface area contributed by atoms with Gasteiger partial charge in [0.2, 0.25) is 5.91 Å². The average molecular weight is 369 g/mol. The van der Waals surface area contributed by atoms with Crippen molar-refractivity contribution in [3.05, 3.63) is 29.6 Å². The Balaban J connectivity index is 2.44. The molecule has 0 unspecified atom stereocenters. The van der Waals surface area contributed by atoms with Crippen molar-refractivity contribution in [2.75, 3.05) is 5.32 Å². The molecule has 0 spiro atoms. The molecule has 0 aromatic carbocycles. The van der Waals surface area contributed by atoms with E-state index >= 15 is 0 Å². The molecule has 2 rings (SSSR count). The van der Waals surface area contributed by atoms with E-state index in [0.29, 0.717) is 35.9 Å². The van der Waals surface area contributed by atoms with Crippen LogP contribution < -0.4 is 5.32 Å². The van der Waals surface area contributed by atoms with Crippen molar-refractivity contribution in [3.8, 4) is 0 Å². The largest absolute Gasteiger partial charge is 0.417 e. The molecular formula is C19H26F3N3O. The highest BCUT2D eigenvalue weighted by molar-refractivity contribution is 5.91. The van der Waals surface area contributed by atoms with Crippen molar-refractivity contribution in [1.82, 2.24) is 9.38 Å². The van der Waals surface area contributed by atoms with Gasteiger partial charge in [-0.25, -0.2) is 4.98 Å². The third-order valence-corrected chi connectivity index (χ3v) is 3.95. The smallest absolute Gasteiger partial charge is 0.309 e. The number of hydrogen-bond donors (Lipinski definition) is 1. The summed E-state index contributed by atoms with van der Waals surface area (Å²) in [6, 6.07) is 2.34. The Kier molecular flexibility index (Phi) is 5.68. The van der Waals surface area contributed by atoms with Gasteiger partial charge < -0.3 is 9.72 Å². The summed E-state index contributed by atoms with van der Waals surface area (Å²) in [6.07, 6.45) is -1.75. The molecule has 0 aliphatic rings. The van der Waals surface area contributed by atoms with Crippen LogP contribution >= 0.6 is 0 Å². The van der Waals surface area contributed by atoms with E-state index in [0.717, 1.165) is 18.7 Å². The van der Waals surface area contributed by atoms with Crippen LogP contribution in [-0.4, -0.2) is 15.3 Å². The molecule has 0 radical (unpaired) electrons. The van der Waals surface area contributed by atoms with Crippen LogP contribution in [0.2, 0.25) is 0 Å². The number of rotatable bonds is 5. The summed E-state index contributed by atoms with van der Waals surface area (Å²) in [6.45, 7) is 9.94. The first-order valence-corrected chi connectivity index (χ1v) is 8.75. The van der Waals surface area contributed by atoms with E-state index in [1.54, 1.807) is 0 Å². The highest BCUT2D eigenvalue weighted by atomic mass is 19.4. The van der Waals surface area contributed by atoms with Gasteiger partial charge in [0.05, 0.1) is 11.3 Å². The fraction of sp³-hybridized carbons (Fsp3) is 0.579. The molecule has 0 aliphatic carbocycles. The molecule has 2 aromatic heterocycles. The molecule has 4 nitrogen and oxygen atoms in total. The van der Waals surface area contributed by atoms with Crippen molar-refractivity contribution in [2.45, 2.75) is 60.1 Å². The van der Waals surface area contributed by atoms with Gasteiger partial charge in [0.25, 0.3) is 0 Å². The molecule has 144 valence electrons. The molecule has 7 heteroatoms. The van der Waals surface area contributed by atoms with Crippen LogP contribution in [0.3, 0.4) is 0 Å². The summed E-state index contributed by atoms with van der Waals surface area (Å²) in [5, 5.41) is 2.79. The molecule has 0 saturated heterocycles. The Hall–Kier alpha value is -2.05. The van der Waals surface area contributed by atoms with Crippen LogP contribution in [0, 0.1) is 11.3 Å². The van der Waals surface area contributed by atoms with E-state index in [4.69, 9.17) is 0 Å². The van der Waals surface area contributed by atoms with E-state index in [9.17, 15) is 18.0 Å². The molecular weight excluding hydrogens is 343 g/mol. The quantitative estimate of drug-likeness (QED) is 0.776. The van der Waals surface area contributed by atoms with Crippen LogP contribution in [0.5, 0.6) is 0 Å². The van der Waals surface area contributed by atoms with Gasteiger partial charge in [0, 0.05) is 12.6 Å². The molecule has 0 aliphatic heterocycles. The van der Waals surface area contributed by atoms with E-state index in [-0.39, 0.29) is 11.3 Å². The number of aromatic nitrogens is 2. The molecule has 26 heavy (non-hydrogen) atoms. The lowest BCUT2D eigenvalue weighted by molar-refractivity contribution is -0.137. The zero-order chi connectivity index (χ0) is 19.7. The number of anilines is 1. The number of hydrogen-bond acceptors (Lipinski definition) is 2. The zero-order valence-electron chi connectivity index (χ0n) is 15.9. The predicted octanol–water partition coefficient (Wildman–Crippen LogP) is 5.32. The summed E-state index contributed by atoms with van der Waals surface area (Å²) in [5.74, 6) is 0.534. The van der Waals surface area contributed by atoms with Crippen molar-refractivity contribution < 1.29 is 18.0 Å². The van der Waals surface area contributed by atoms with Gasteiger partial charge in [0.1, 0.15) is 5.65 Å². The second kappa shape index (κ2) is 7.29. The van der Waals surface area contributed by atoms with E-state index < -0.39 is 11.7 Å². The minimum Gasteiger partial charge on any atom is -0.309 e. The number of carbonyl (C=O) groups excluding carboxylic acids is 1. The summed E-state index contributed by atoms with van der Waals surface area (Å²) in [5.41, 5.74) is 0.0655. The molecule has 1 N–H and O–H groups in total. The van der Waals surface area contributed by atoms with Gasteiger partial charge in [-0.15, -0.1) is 0 Å². The second-order valence-corrected chi connectivity index (χ2v) is 8.27. The van der Waals surface area contributed by atoms with E-state index in [1.165, 1.54) is 10.5 Å². The van der Waals surface area contributed by atoms with Gasteiger partial charge in [-0.05, 0) is 36.3 Å². The molecule has 0 saturated carbocycles. The number of amides is 1. The Morgan fingerprint density at radius 1 is 1.23 bits per heavy atom. The predicted molar refractivity (Wildman–Crippen MR) is 96.1 cm³/mol. The Labute approximate surface area is 151 Å². The molecule has 1 amide bonds. The van der Waals surface area contributed by atoms with Gasteiger partial charge in [-0.3, -0.25) is 4.79 Å². The van der Waals surface area contributed by atoms with Gasteiger partial charge in [-0.1, -0.05) is 34.6 Å². The second-order valence-electron chi connectivity index (χ2n) is 8.27. The van der Waals surface area contributed by atoms with Crippen molar-refractivity contribution in [3.63, 3.8) is 0 Å². The fourth-order valence-electron chi connectivity index (χ4n) is 2.68. The number of nitrogens with zero attached hydrogens (tertiary/aromatic N) is 2. The number of carbonyl (C=O) groups is 1. The van der Waals surface area contributed by atoms with E-state index in [1.807, 2.05) is 34.6 Å². The standard InChI is InChI=1S/C19H26F3N3O/c1-12(2)6-8-14-17(24-16(26)10-18(3,4)5)23-15-9-7-13(11-25(14)15)19(20,21)22/h7,9,11-12H,6,8,10H2,1-5H3,(H,24,26). The average Bonchev–Trinajstić information content (AvgIpc) is 2.78. The summed E-state index contributed by atoms with van der Waals surface area (Å²) in [4.78, 5) is 16.6.